The average molecular weight is 314 g/mol. The molecule has 0 radical (unpaired) electrons. The molecule has 4 nitrogen and oxygen atoms in total. The summed E-state index contributed by atoms with van der Waals surface area (Å²) < 4.78 is 0. The zero-order chi connectivity index (χ0) is 16.8. The Kier molecular flexibility index (Phi) is 3.74. The second kappa shape index (κ2) is 5.36. The standard InChI is InChI=1S/C19H26N2O2/c1-13-9-18(3,4)12-19(10-13)16(22)21(17(23)20-19)11-15-8-6-5-7-14(15)2/h5-8,13H,9-12H2,1-4H3,(H,20,23). The lowest BCUT2D eigenvalue weighted by atomic mass is 9.64. The molecule has 0 aromatic heterocycles. The topological polar surface area (TPSA) is 49.4 Å². The summed E-state index contributed by atoms with van der Waals surface area (Å²) in [7, 11) is 0. The van der Waals surface area contributed by atoms with Crippen LogP contribution in [-0.4, -0.2) is 22.4 Å². The molecule has 3 amide bonds. The summed E-state index contributed by atoms with van der Waals surface area (Å²) in [4.78, 5) is 27.0. The van der Waals surface area contributed by atoms with E-state index in [4.69, 9.17) is 0 Å². The van der Waals surface area contributed by atoms with Crippen molar-refractivity contribution < 1.29 is 9.59 Å². The van der Waals surface area contributed by atoms with Gasteiger partial charge in [-0.1, -0.05) is 45.0 Å². The number of urea groups is 1. The molecule has 1 spiro atoms. The maximum Gasteiger partial charge on any atom is 0.325 e. The number of hydrogen-bond acceptors (Lipinski definition) is 2. The number of amides is 3. The number of benzene rings is 1. The van der Waals surface area contributed by atoms with Crippen LogP contribution in [0.5, 0.6) is 0 Å². The van der Waals surface area contributed by atoms with Crippen LogP contribution in [0.1, 0.15) is 51.2 Å². The van der Waals surface area contributed by atoms with Crippen LogP contribution in [-0.2, 0) is 11.3 Å². The van der Waals surface area contributed by atoms with Gasteiger partial charge in [-0.25, -0.2) is 4.79 Å². The number of carbonyl (C=O) groups excluding carboxylic acids is 2. The number of aryl methyl sites for hydroxylation is 1. The molecule has 2 aliphatic rings. The highest BCUT2D eigenvalue weighted by atomic mass is 16.2. The predicted molar refractivity (Wildman–Crippen MR) is 89.8 cm³/mol. The lowest BCUT2D eigenvalue weighted by molar-refractivity contribution is -0.135. The van der Waals surface area contributed by atoms with E-state index in [1.807, 2.05) is 31.2 Å². The molecule has 1 aliphatic heterocycles. The van der Waals surface area contributed by atoms with Crippen molar-refractivity contribution in [3.8, 4) is 0 Å². The summed E-state index contributed by atoms with van der Waals surface area (Å²) in [6.07, 6.45) is 2.56. The third-order valence-corrected chi connectivity index (χ3v) is 5.21. The van der Waals surface area contributed by atoms with Gasteiger partial charge in [-0.2, -0.15) is 0 Å². The summed E-state index contributed by atoms with van der Waals surface area (Å²) >= 11 is 0. The Morgan fingerprint density at radius 3 is 2.57 bits per heavy atom. The Morgan fingerprint density at radius 2 is 1.91 bits per heavy atom. The molecule has 1 aromatic rings. The van der Waals surface area contributed by atoms with Gasteiger partial charge in [0.15, 0.2) is 0 Å². The van der Waals surface area contributed by atoms with Gasteiger partial charge in [0, 0.05) is 0 Å². The summed E-state index contributed by atoms with van der Waals surface area (Å²) in [5.74, 6) is 0.381. The van der Waals surface area contributed by atoms with Crippen molar-refractivity contribution in [3.05, 3.63) is 35.4 Å². The van der Waals surface area contributed by atoms with E-state index in [0.29, 0.717) is 12.5 Å². The van der Waals surface area contributed by atoms with Gasteiger partial charge in [0.1, 0.15) is 5.54 Å². The molecule has 2 unspecified atom stereocenters. The summed E-state index contributed by atoms with van der Waals surface area (Å²) in [5.41, 5.74) is 1.49. The van der Waals surface area contributed by atoms with Gasteiger partial charge in [-0.05, 0) is 48.6 Å². The first-order valence-electron chi connectivity index (χ1n) is 8.41. The molecule has 124 valence electrons. The van der Waals surface area contributed by atoms with E-state index in [9.17, 15) is 9.59 Å². The summed E-state index contributed by atoms with van der Waals surface area (Å²) in [6.45, 7) is 8.91. The molecule has 2 atom stereocenters. The molecule has 1 N–H and O–H groups in total. The summed E-state index contributed by atoms with van der Waals surface area (Å²) in [6, 6.07) is 7.66. The van der Waals surface area contributed by atoms with Crippen LogP contribution in [0.3, 0.4) is 0 Å². The second-order valence-corrected chi connectivity index (χ2v) is 8.18. The molecule has 1 aliphatic carbocycles. The Balaban J connectivity index is 1.87. The van der Waals surface area contributed by atoms with E-state index in [0.717, 1.165) is 30.4 Å². The van der Waals surface area contributed by atoms with Crippen molar-refractivity contribution in [2.45, 2.75) is 59.0 Å². The first kappa shape index (κ1) is 16.0. The fourth-order valence-corrected chi connectivity index (χ4v) is 4.61. The largest absolute Gasteiger partial charge is 0.325 e. The second-order valence-electron chi connectivity index (χ2n) is 8.18. The molecular formula is C19H26N2O2. The van der Waals surface area contributed by atoms with E-state index >= 15 is 0 Å². The molecule has 3 rings (SSSR count). The zero-order valence-electron chi connectivity index (χ0n) is 14.5. The lowest BCUT2D eigenvalue weighted by Crippen LogP contribution is -2.54. The Labute approximate surface area is 138 Å². The number of imide groups is 1. The number of carbonyl (C=O) groups is 2. The van der Waals surface area contributed by atoms with E-state index < -0.39 is 5.54 Å². The SMILES string of the molecule is Cc1ccccc1CN1C(=O)NC2(CC(C)CC(C)(C)C2)C1=O. The van der Waals surface area contributed by atoms with Crippen LogP contribution in [0.15, 0.2) is 24.3 Å². The van der Waals surface area contributed by atoms with Crippen molar-refractivity contribution in [1.82, 2.24) is 10.2 Å². The number of nitrogens with zero attached hydrogens (tertiary/aromatic N) is 1. The fourth-order valence-electron chi connectivity index (χ4n) is 4.61. The normalized spacial score (nSPS) is 29.9. The third kappa shape index (κ3) is 2.87. The van der Waals surface area contributed by atoms with Gasteiger partial charge >= 0.3 is 6.03 Å². The minimum atomic E-state index is -0.707. The number of nitrogens with one attached hydrogen (secondary N) is 1. The van der Waals surface area contributed by atoms with Crippen LogP contribution in [0.25, 0.3) is 0 Å². The van der Waals surface area contributed by atoms with Crippen LogP contribution in [0.2, 0.25) is 0 Å². The van der Waals surface area contributed by atoms with Gasteiger partial charge in [-0.15, -0.1) is 0 Å². The van der Waals surface area contributed by atoms with E-state index in [-0.39, 0.29) is 17.4 Å². The summed E-state index contributed by atoms with van der Waals surface area (Å²) in [5, 5.41) is 3.03. The number of hydrogen-bond donors (Lipinski definition) is 1. The molecule has 1 saturated carbocycles. The lowest BCUT2D eigenvalue weighted by Gasteiger charge is -2.43. The van der Waals surface area contributed by atoms with Gasteiger partial charge in [0.05, 0.1) is 6.54 Å². The van der Waals surface area contributed by atoms with Crippen molar-refractivity contribution in [1.29, 1.82) is 0 Å². The Hall–Kier alpha value is -1.84. The Morgan fingerprint density at radius 1 is 1.22 bits per heavy atom. The van der Waals surface area contributed by atoms with Gasteiger partial charge < -0.3 is 5.32 Å². The first-order valence-corrected chi connectivity index (χ1v) is 8.41. The highest BCUT2D eigenvalue weighted by Crippen LogP contribution is 2.46. The van der Waals surface area contributed by atoms with Crippen molar-refractivity contribution >= 4 is 11.9 Å². The van der Waals surface area contributed by atoms with E-state index in [2.05, 4.69) is 26.1 Å². The van der Waals surface area contributed by atoms with Crippen molar-refractivity contribution in [3.63, 3.8) is 0 Å². The third-order valence-electron chi connectivity index (χ3n) is 5.21. The van der Waals surface area contributed by atoms with E-state index in [1.165, 1.54) is 4.90 Å². The minimum absolute atomic E-state index is 0.0506. The van der Waals surface area contributed by atoms with Gasteiger partial charge in [0.2, 0.25) is 0 Å². The van der Waals surface area contributed by atoms with Gasteiger partial charge in [-0.3, -0.25) is 9.69 Å². The molecule has 1 aromatic carbocycles. The maximum atomic E-state index is 13.1. The van der Waals surface area contributed by atoms with Crippen LogP contribution >= 0.6 is 0 Å². The Bertz CT molecular complexity index is 653. The maximum absolute atomic E-state index is 13.1. The van der Waals surface area contributed by atoms with Crippen LogP contribution in [0, 0.1) is 18.3 Å². The fraction of sp³-hybridized carbons (Fsp3) is 0.579. The highest BCUT2D eigenvalue weighted by molar-refractivity contribution is 6.07. The quantitative estimate of drug-likeness (QED) is 0.847. The zero-order valence-corrected chi connectivity index (χ0v) is 14.5. The first-order chi connectivity index (χ1) is 10.7. The average Bonchev–Trinajstić information content (AvgIpc) is 2.62. The number of rotatable bonds is 2. The highest BCUT2D eigenvalue weighted by Gasteiger charge is 2.55. The van der Waals surface area contributed by atoms with Crippen molar-refractivity contribution in [2.75, 3.05) is 0 Å². The molecule has 1 saturated heterocycles. The minimum Gasteiger partial charge on any atom is -0.323 e. The molecule has 4 heteroatoms. The predicted octanol–water partition coefficient (Wildman–Crippen LogP) is 3.63. The molecule has 2 fully saturated rings. The molecule has 1 heterocycles. The van der Waals surface area contributed by atoms with Crippen LogP contribution in [0.4, 0.5) is 4.79 Å². The van der Waals surface area contributed by atoms with Crippen molar-refractivity contribution in [2.24, 2.45) is 11.3 Å². The van der Waals surface area contributed by atoms with Gasteiger partial charge in [0.25, 0.3) is 5.91 Å². The van der Waals surface area contributed by atoms with E-state index in [1.54, 1.807) is 0 Å². The molecule has 23 heavy (non-hydrogen) atoms. The monoisotopic (exact) mass is 314 g/mol. The molecular weight excluding hydrogens is 288 g/mol. The molecule has 0 bridgehead atoms. The van der Waals surface area contributed by atoms with Crippen LogP contribution < -0.4 is 5.32 Å². The smallest absolute Gasteiger partial charge is 0.323 e.